The Morgan fingerprint density at radius 2 is 0.428 bits per heavy atom. The zero-order chi connectivity index (χ0) is 94.2. The molecule has 0 radical (unpaired) electrons. The van der Waals surface area contributed by atoms with Gasteiger partial charge in [-0.1, -0.05) is 370 Å². The number of aliphatic hydroxyl groups excluding tert-OH is 1. The lowest BCUT2D eigenvalue weighted by atomic mass is 9.94. The Morgan fingerprint density at radius 1 is 0.225 bits per heavy atom. The summed E-state index contributed by atoms with van der Waals surface area (Å²) in [5, 5.41) is 13.9. The van der Waals surface area contributed by atoms with E-state index >= 15 is 0 Å². The van der Waals surface area contributed by atoms with Crippen molar-refractivity contribution < 1.29 is 109 Å². The second-order valence-electron chi connectivity index (χ2n) is 34.8. The minimum absolute atomic E-state index is 0.00518. The summed E-state index contributed by atoms with van der Waals surface area (Å²) in [6.07, 6.45) is -23.4. The highest BCUT2D eigenvalue weighted by Crippen LogP contribution is 2.42. The van der Waals surface area contributed by atoms with Crippen LogP contribution in [0.4, 0.5) is 0 Å². The van der Waals surface area contributed by atoms with E-state index in [0.717, 1.165) is 66.8 Å². The maximum Gasteiger partial charge on any atom is 0.305 e. The molecule has 724 valence electrons. The number of carbonyl (C=O) groups excluding carboxylic acids is 1. The molecular weight excluding hydrogens is 1750 g/mol. The molecule has 4 aliphatic rings. The van der Waals surface area contributed by atoms with Crippen molar-refractivity contribution in [3.05, 3.63) is 431 Å². The van der Waals surface area contributed by atoms with Crippen molar-refractivity contribution in [3.63, 3.8) is 0 Å². The first-order chi connectivity index (χ1) is 68.2. The number of rotatable bonds is 53. The molecule has 0 amide bonds. The zero-order valence-corrected chi connectivity index (χ0v) is 78.0. The molecule has 0 spiro atoms. The number of esters is 1. The van der Waals surface area contributed by atoms with Crippen LogP contribution in [0.5, 0.6) is 0 Å². The molecular formula is C115H126O23. The first-order valence-corrected chi connectivity index (χ1v) is 47.9. The van der Waals surface area contributed by atoms with E-state index < -0.39 is 123 Å². The SMILES string of the molecule is COC(=O)CCCCCO[C@H]1O[C@H](COCc2ccccc2)[C@@H](OCc2ccccc2)[C@H](OCc2ccccc2)[C@@H]1O[C@@H]1O[C@H](COCc2ccccc2)[C@@H](OCc2ccccc2)[C@H](OCc2ccccc2)[C@@H]1O[C@@H]1O[C@H](COCc2ccccc2)[C@@H](OCc2ccccc2)[C@H](OCc2ccccc2)[C@@H]1O[C@@H]1O[C@H](COCc2ccccc2)[C@@H](OCc2ccccc2)[C@H](OCc2ccccc2)[C@@H]1O. The number of carbonyl (C=O) groups is 1. The Labute approximate surface area is 809 Å². The average Bonchev–Trinajstić information content (AvgIpc) is 0.755. The molecule has 138 heavy (non-hydrogen) atoms. The third-order valence-corrected chi connectivity index (χ3v) is 24.7. The van der Waals surface area contributed by atoms with Crippen LogP contribution >= 0.6 is 0 Å². The number of hydrogen-bond acceptors (Lipinski definition) is 23. The van der Waals surface area contributed by atoms with Gasteiger partial charge in [0.15, 0.2) is 25.2 Å². The Bertz CT molecular complexity index is 5320. The summed E-state index contributed by atoms with van der Waals surface area (Å²) in [6, 6.07) is 118. The predicted molar refractivity (Wildman–Crippen MR) is 516 cm³/mol. The Hall–Kier alpha value is -10.7. The molecule has 20 atom stereocenters. The van der Waals surface area contributed by atoms with Crippen LogP contribution in [0.25, 0.3) is 0 Å². The van der Waals surface area contributed by atoms with Gasteiger partial charge < -0.3 is 105 Å². The van der Waals surface area contributed by atoms with Gasteiger partial charge in [-0.05, 0) is 79.6 Å². The van der Waals surface area contributed by atoms with Crippen LogP contribution in [0.1, 0.15) is 92.4 Å². The zero-order valence-electron chi connectivity index (χ0n) is 78.0. The van der Waals surface area contributed by atoms with Gasteiger partial charge in [0, 0.05) is 13.0 Å². The van der Waals surface area contributed by atoms with E-state index in [9.17, 15) is 9.90 Å². The number of methoxy groups -OCH3 is 1. The van der Waals surface area contributed by atoms with Crippen molar-refractivity contribution >= 4 is 5.97 Å². The molecule has 0 aromatic heterocycles. The Morgan fingerprint density at radius 3 is 0.681 bits per heavy atom. The minimum atomic E-state index is -1.67. The number of hydrogen-bond donors (Lipinski definition) is 1. The van der Waals surface area contributed by atoms with Gasteiger partial charge in [-0.3, -0.25) is 4.79 Å². The summed E-state index contributed by atoms with van der Waals surface area (Å²) < 4.78 is 154. The summed E-state index contributed by atoms with van der Waals surface area (Å²) in [5.41, 5.74) is 10.4. The molecule has 4 saturated heterocycles. The normalized spacial score (nSPS) is 24.9. The number of benzene rings is 12. The van der Waals surface area contributed by atoms with Gasteiger partial charge in [0.25, 0.3) is 0 Å². The lowest BCUT2D eigenvalue weighted by Gasteiger charge is -2.52. The van der Waals surface area contributed by atoms with Crippen LogP contribution in [-0.2, 0) is 184 Å². The largest absolute Gasteiger partial charge is 0.469 e. The molecule has 4 fully saturated rings. The van der Waals surface area contributed by atoms with Crippen LogP contribution in [-0.4, -0.2) is 174 Å². The van der Waals surface area contributed by atoms with Crippen LogP contribution in [0.15, 0.2) is 364 Å². The van der Waals surface area contributed by atoms with Crippen LogP contribution in [0, 0.1) is 0 Å². The van der Waals surface area contributed by atoms with Gasteiger partial charge in [0.05, 0.1) is 113 Å². The highest BCUT2D eigenvalue weighted by atomic mass is 16.8. The molecule has 16 rings (SSSR count). The van der Waals surface area contributed by atoms with Gasteiger partial charge in [-0.2, -0.15) is 0 Å². The molecule has 23 nitrogen and oxygen atoms in total. The van der Waals surface area contributed by atoms with Crippen molar-refractivity contribution in [2.45, 2.75) is 228 Å². The summed E-state index contributed by atoms with van der Waals surface area (Å²) in [6.45, 7) is 1.09. The van der Waals surface area contributed by atoms with Crippen LogP contribution in [0.2, 0.25) is 0 Å². The van der Waals surface area contributed by atoms with E-state index in [2.05, 4.69) is 0 Å². The molecule has 12 aromatic carbocycles. The van der Waals surface area contributed by atoms with E-state index in [0.29, 0.717) is 19.3 Å². The lowest BCUT2D eigenvalue weighted by molar-refractivity contribution is -0.416. The van der Waals surface area contributed by atoms with Crippen molar-refractivity contribution in [2.24, 2.45) is 0 Å². The average molecular weight is 1880 g/mol. The fourth-order valence-corrected chi connectivity index (χ4v) is 17.4. The molecule has 1 N–H and O–H groups in total. The van der Waals surface area contributed by atoms with E-state index in [-0.39, 0.29) is 125 Å². The number of aliphatic hydroxyl groups is 1. The Balaban J connectivity index is 0.877. The van der Waals surface area contributed by atoms with Gasteiger partial charge >= 0.3 is 5.97 Å². The maximum absolute atomic E-state index is 13.9. The fraction of sp³-hybridized carbons (Fsp3) is 0.365. The third kappa shape index (κ3) is 30.4. The smallest absolute Gasteiger partial charge is 0.305 e. The molecule has 0 unspecified atom stereocenters. The molecule has 4 aliphatic heterocycles. The van der Waals surface area contributed by atoms with E-state index in [1.165, 1.54) is 7.11 Å². The molecule has 23 heteroatoms. The first-order valence-electron chi connectivity index (χ1n) is 47.9. The van der Waals surface area contributed by atoms with Gasteiger partial charge in [0.2, 0.25) is 0 Å². The molecule has 0 bridgehead atoms. The Kier molecular flexibility index (Phi) is 39.8. The molecule has 0 saturated carbocycles. The first kappa shape index (κ1) is 100. The number of unbranched alkanes of at least 4 members (excludes halogenated alkanes) is 2. The second kappa shape index (κ2) is 54.7. The number of ether oxygens (including phenoxy) is 21. The van der Waals surface area contributed by atoms with Crippen molar-refractivity contribution in [2.75, 3.05) is 40.1 Å². The monoisotopic (exact) mass is 1870 g/mol. The van der Waals surface area contributed by atoms with Gasteiger partial charge in [0.1, 0.15) is 97.7 Å². The van der Waals surface area contributed by atoms with Crippen molar-refractivity contribution in [3.8, 4) is 0 Å². The standard InChI is InChI=1S/C115H126O23/c1-118-99(116)65-39-14-40-66-123-113-109(106(129-76-92-59-33-11-34-60-92)102(125-72-88-51-25-7-26-52-88)96(133-113)80-120-68-84-43-17-3-18-44-84)137-115-111(108(131-78-94-63-37-13-38-64-94)104(127-74-90-55-29-9-30-56-90)98(135-115)82-122-70-86-47-21-5-22-48-86)138-114-110(107(130-77-93-61-35-12-36-62-93)103(126-73-89-53-27-8-28-54-89)97(134-114)81-121-69-85-45-19-4-20-46-85)136-112-100(117)105(128-75-91-57-31-10-32-58-91)101(124-71-87-49-23-6-24-50-87)95(132-112)79-119-67-83-41-15-2-16-42-83/h2-13,15-38,41-64,95-98,100-115,117H,14,39-40,65-82H2,1H3/t95-,96-,97-,98-,100+,101-,102-,103-,104-,105-,106+,107+,108+,109+,110+,111+,112+,113+,114+,115+/m1/s1. The van der Waals surface area contributed by atoms with Crippen LogP contribution < -0.4 is 0 Å². The minimum Gasteiger partial charge on any atom is -0.469 e. The molecule has 4 heterocycles. The second-order valence-corrected chi connectivity index (χ2v) is 34.8. The van der Waals surface area contributed by atoms with E-state index in [1.807, 2.05) is 364 Å². The molecule has 12 aromatic rings. The maximum atomic E-state index is 13.9. The lowest BCUT2D eigenvalue weighted by Crippen LogP contribution is -2.69. The summed E-state index contributed by atoms with van der Waals surface area (Å²) in [5.74, 6) is -0.315. The summed E-state index contributed by atoms with van der Waals surface area (Å²) in [7, 11) is 1.39. The quantitative estimate of drug-likeness (QED) is 0.0276. The van der Waals surface area contributed by atoms with Gasteiger partial charge in [-0.25, -0.2) is 0 Å². The summed E-state index contributed by atoms with van der Waals surface area (Å²) >= 11 is 0. The summed E-state index contributed by atoms with van der Waals surface area (Å²) in [4.78, 5) is 12.7. The van der Waals surface area contributed by atoms with E-state index in [4.69, 9.17) is 99.5 Å². The highest BCUT2D eigenvalue weighted by Gasteiger charge is 2.60. The molecule has 0 aliphatic carbocycles. The highest BCUT2D eigenvalue weighted by molar-refractivity contribution is 5.69. The fourth-order valence-electron chi connectivity index (χ4n) is 17.4. The van der Waals surface area contributed by atoms with Crippen LogP contribution in [0.3, 0.4) is 0 Å². The third-order valence-electron chi connectivity index (χ3n) is 24.7. The predicted octanol–water partition coefficient (Wildman–Crippen LogP) is 18.7. The topological polar surface area (TPSA) is 231 Å². The van der Waals surface area contributed by atoms with E-state index in [1.54, 1.807) is 0 Å². The van der Waals surface area contributed by atoms with Crippen molar-refractivity contribution in [1.82, 2.24) is 0 Å². The van der Waals surface area contributed by atoms with Gasteiger partial charge in [-0.15, -0.1) is 0 Å². The van der Waals surface area contributed by atoms with Crippen molar-refractivity contribution in [1.29, 1.82) is 0 Å².